The lowest BCUT2D eigenvalue weighted by atomic mass is 9.98. The lowest BCUT2D eigenvalue weighted by molar-refractivity contribution is -0.308. The molecule has 13 nitrogen and oxygen atoms in total. The average molecular weight is 511 g/mol. The molecule has 1 heterocycles. The summed E-state index contributed by atoms with van der Waals surface area (Å²) in [5.41, 5.74) is 0.771. The van der Waals surface area contributed by atoms with E-state index in [1.54, 1.807) is 24.3 Å². The molecule has 1 aromatic rings. The SMILES string of the molecule is CC(=O)OC[C@H]1O[C@H](OCNC(=O)OCc2ccccc2)[C@H](OC(C)=O)[C@@H](OC(C)=O)[C@@H]1OC(C)=O. The summed E-state index contributed by atoms with van der Waals surface area (Å²) in [5, 5.41) is 2.36. The number of alkyl carbamates (subject to hydrolysis) is 1. The summed E-state index contributed by atoms with van der Waals surface area (Å²) in [6.45, 7) is 3.65. The van der Waals surface area contributed by atoms with Gasteiger partial charge >= 0.3 is 30.0 Å². The van der Waals surface area contributed by atoms with Crippen LogP contribution in [0.2, 0.25) is 0 Å². The van der Waals surface area contributed by atoms with Crippen molar-refractivity contribution in [3.63, 3.8) is 0 Å². The Morgan fingerprint density at radius 1 is 0.778 bits per heavy atom. The third kappa shape index (κ3) is 9.50. The Bertz CT molecular complexity index is 921. The quantitative estimate of drug-likeness (QED) is 0.269. The summed E-state index contributed by atoms with van der Waals surface area (Å²) < 4.78 is 37.2. The van der Waals surface area contributed by atoms with Gasteiger partial charge in [0, 0.05) is 27.7 Å². The van der Waals surface area contributed by atoms with Gasteiger partial charge in [0.1, 0.15) is 26.0 Å². The van der Waals surface area contributed by atoms with Crippen LogP contribution in [0.25, 0.3) is 0 Å². The molecule has 1 aromatic carbocycles. The highest BCUT2D eigenvalue weighted by Gasteiger charge is 2.52. The van der Waals surface area contributed by atoms with Gasteiger partial charge in [0.05, 0.1) is 0 Å². The fourth-order valence-electron chi connectivity index (χ4n) is 3.28. The highest BCUT2D eigenvalue weighted by molar-refractivity contribution is 5.69. The third-order valence-electron chi connectivity index (χ3n) is 4.63. The number of amides is 1. The fourth-order valence-corrected chi connectivity index (χ4v) is 3.28. The van der Waals surface area contributed by atoms with E-state index < -0.39 is 74.0 Å². The molecule has 1 aliphatic heterocycles. The minimum Gasteiger partial charge on any atom is -0.463 e. The summed E-state index contributed by atoms with van der Waals surface area (Å²) in [4.78, 5) is 58.7. The normalized spacial score (nSPS) is 23.1. The molecule has 36 heavy (non-hydrogen) atoms. The summed E-state index contributed by atoms with van der Waals surface area (Å²) in [6.07, 6.45) is -7.46. The van der Waals surface area contributed by atoms with Crippen LogP contribution in [-0.4, -0.2) is 74.0 Å². The lowest BCUT2D eigenvalue weighted by Gasteiger charge is -2.43. The van der Waals surface area contributed by atoms with E-state index in [0.717, 1.165) is 33.3 Å². The van der Waals surface area contributed by atoms with Crippen molar-refractivity contribution in [1.82, 2.24) is 5.32 Å². The van der Waals surface area contributed by atoms with Crippen LogP contribution in [0.3, 0.4) is 0 Å². The molecule has 13 heteroatoms. The first-order valence-electron chi connectivity index (χ1n) is 10.9. The summed E-state index contributed by atoms with van der Waals surface area (Å²) >= 11 is 0. The molecule has 0 radical (unpaired) electrons. The van der Waals surface area contributed by atoms with Crippen molar-refractivity contribution in [2.24, 2.45) is 0 Å². The van der Waals surface area contributed by atoms with Gasteiger partial charge in [0.2, 0.25) is 6.29 Å². The van der Waals surface area contributed by atoms with E-state index in [9.17, 15) is 24.0 Å². The summed E-state index contributed by atoms with van der Waals surface area (Å²) in [6, 6.07) is 8.97. The highest BCUT2D eigenvalue weighted by Crippen LogP contribution is 2.29. The van der Waals surface area contributed by atoms with Crippen molar-refractivity contribution in [3.8, 4) is 0 Å². The van der Waals surface area contributed by atoms with Gasteiger partial charge in [-0.05, 0) is 5.56 Å². The Morgan fingerprint density at radius 3 is 1.94 bits per heavy atom. The van der Waals surface area contributed by atoms with Crippen LogP contribution < -0.4 is 5.32 Å². The molecule has 0 unspecified atom stereocenters. The van der Waals surface area contributed by atoms with Gasteiger partial charge in [-0.3, -0.25) is 24.5 Å². The van der Waals surface area contributed by atoms with E-state index in [4.69, 9.17) is 33.2 Å². The molecule has 5 atom stereocenters. The van der Waals surface area contributed by atoms with E-state index in [0.29, 0.717) is 0 Å². The number of hydrogen-bond donors (Lipinski definition) is 1. The monoisotopic (exact) mass is 511 g/mol. The van der Waals surface area contributed by atoms with Gasteiger partial charge < -0.3 is 33.2 Å². The molecule has 0 aliphatic carbocycles. The van der Waals surface area contributed by atoms with Crippen molar-refractivity contribution < 1.29 is 57.1 Å². The molecule has 0 spiro atoms. The average Bonchev–Trinajstić information content (AvgIpc) is 2.80. The predicted molar refractivity (Wildman–Crippen MR) is 118 cm³/mol. The molecule has 1 aliphatic rings. The van der Waals surface area contributed by atoms with E-state index in [1.165, 1.54) is 0 Å². The van der Waals surface area contributed by atoms with Crippen LogP contribution in [-0.2, 0) is 58.9 Å². The standard InChI is InChI=1S/C23H29NO12/c1-13(25)30-11-18-19(33-14(2)26)20(34-15(3)27)21(35-16(4)28)22(36-18)32-12-24-23(29)31-10-17-8-6-5-7-9-17/h5-9,18-22H,10-12H2,1-4H3,(H,24,29)/t18-,19-,20+,21-,22+/m1/s1. The minimum absolute atomic E-state index is 0.0196. The van der Waals surface area contributed by atoms with Gasteiger partial charge in [-0.1, -0.05) is 30.3 Å². The van der Waals surface area contributed by atoms with Gasteiger partial charge in [0.25, 0.3) is 0 Å². The number of ether oxygens (including phenoxy) is 7. The van der Waals surface area contributed by atoms with Gasteiger partial charge in [0.15, 0.2) is 18.3 Å². The van der Waals surface area contributed by atoms with Crippen molar-refractivity contribution in [2.75, 3.05) is 13.3 Å². The zero-order valence-corrected chi connectivity index (χ0v) is 20.3. The molecule has 0 aromatic heterocycles. The Kier molecular flexibility index (Phi) is 11.1. The molecular formula is C23H29NO12. The second kappa shape index (κ2) is 14.0. The minimum atomic E-state index is -1.42. The van der Waals surface area contributed by atoms with Crippen LogP contribution in [0.15, 0.2) is 30.3 Å². The zero-order chi connectivity index (χ0) is 26.7. The van der Waals surface area contributed by atoms with Crippen LogP contribution >= 0.6 is 0 Å². The van der Waals surface area contributed by atoms with Crippen molar-refractivity contribution in [2.45, 2.75) is 65.0 Å². The van der Waals surface area contributed by atoms with Gasteiger partial charge in [-0.15, -0.1) is 0 Å². The maximum Gasteiger partial charge on any atom is 0.409 e. The molecule has 2 rings (SSSR count). The van der Waals surface area contributed by atoms with Crippen LogP contribution in [0.5, 0.6) is 0 Å². The number of carbonyl (C=O) groups is 5. The highest BCUT2D eigenvalue weighted by atomic mass is 16.7. The van der Waals surface area contributed by atoms with E-state index >= 15 is 0 Å². The summed E-state index contributed by atoms with van der Waals surface area (Å²) in [5.74, 6) is -2.95. The maximum absolute atomic E-state index is 12.0. The Balaban J connectivity index is 2.14. The van der Waals surface area contributed by atoms with Crippen LogP contribution in [0, 0.1) is 0 Å². The molecule has 1 N–H and O–H groups in total. The molecule has 1 saturated heterocycles. The largest absolute Gasteiger partial charge is 0.463 e. The molecule has 0 bridgehead atoms. The Morgan fingerprint density at radius 2 is 1.36 bits per heavy atom. The number of nitrogens with one attached hydrogen (secondary N) is 1. The summed E-state index contributed by atoms with van der Waals surface area (Å²) in [7, 11) is 0. The molecule has 198 valence electrons. The molecule has 1 amide bonds. The topological polar surface area (TPSA) is 162 Å². The first-order chi connectivity index (χ1) is 17.1. The number of benzene rings is 1. The second-order valence-electron chi connectivity index (χ2n) is 7.62. The third-order valence-corrected chi connectivity index (χ3v) is 4.63. The van der Waals surface area contributed by atoms with E-state index in [-0.39, 0.29) is 6.61 Å². The maximum atomic E-state index is 12.0. The van der Waals surface area contributed by atoms with Crippen molar-refractivity contribution >= 4 is 30.0 Å². The van der Waals surface area contributed by atoms with Crippen LogP contribution in [0.4, 0.5) is 4.79 Å². The second-order valence-corrected chi connectivity index (χ2v) is 7.62. The number of carbonyl (C=O) groups excluding carboxylic acids is 5. The van der Waals surface area contributed by atoms with E-state index in [1.807, 2.05) is 6.07 Å². The number of hydrogen-bond acceptors (Lipinski definition) is 12. The number of esters is 4. The predicted octanol–water partition coefficient (Wildman–Crippen LogP) is 0.970. The molecular weight excluding hydrogens is 482 g/mol. The fraction of sp³-hybridized carbons (Fsp3) is 0.522. The van der Waals surface area contributed by atoms with Crippen molar-refractivity contribution in [3.05, 3.63) is 35.9 Å². The number of rotatable bonds is 10. The van der Waals surface area contributed by atoms with Crippen molar-refractivity contribution in [1.29, 1.82) is 0 Å². The Hall–Kier alpha value is -3.71. The van der Waals surface area contributed by atoms with Crippen LogP contribution in [0.1, 0.15) is 33.3 Å². The first-order valence-corrected chi connectivity index (χ1v) is 10.9. The molecule has 1 fully saturated rings. The zero-order valence-electron chi connectivity index (χ0n) is 20.3. The van der Waals surface area contributed by atoms with Gasteiger partial charge in [-0.2, -0.15) is 0 Å². The van der Waals surface area contributed by atoms with Gasteiger partial charge in [-0.25, -0.2) is 4.79 Å². The first kappa shape index (κ1) is 28.5. The molecule has 0 saturated carbocycles. The lowest BCUT2D eigenvalue weighted by Crippen LogP contribution is -2.63. The smallest absolute Gasteiger partial charge is 0.409 e. The van der Waals surface area contributed by atoms with E-state index in [2.05, 4.69) is 5.32 Å². The Labute approximate surface area is 207 Å².